The van der Waals surface area contributed by atoms with E-state index in [1.807, 2.05) is 20.8 Å². The maximum Gasteiger partial charge on any atom is 0.279 e. The first-order valence-corrected chi connectivity index (χ1v) is 7.77. The fourth-order valence-electron chi connectivity index (χ4n) is 1.51. The zero-order valence-electron chi connectivity index (χ0n) is 11.1. The van der Waals surface area contributed by atoms with Gasteiger partial charge in [-0.25, -0.2) is 4.72 Å². The highest BCUT2D eigenvalue weighted by Crippen LogP contribution is 2.04. The molecule has 2 N–H and O–H groups in total. The van der Waals surface area contributed by atoms with E-state index in [2.05, 4.69) is 4.72 Å². The summed E-state index contributed by atoms with van der Waals surface area (Å²) in [6.07, 6.45) is 2.24. The fraction of sp³-hybridized carbons (Fsp3) is 1.00. The molecule has 0 spiro atoms. The van der Waals surface area contributed by atoms with Gasteiger partial charge in [0.05, 0.1) is 0 Å². The zero-order valence-corrected chi connectivity index (χ0v) is 12.0. The molecule has 104 valence electrons. The number of hydrogen-bond donors (Lipinski definition) is 2. The summed E-state index contributed by atoms with van der Waals surface area (Å²) in [6, 6.07) is 0. The Labute approximate surface area is 105 Å². The maximum absolute atomic E-state index is 12.0. The lowest BCUT2D eigenvalue weighted by atomic mass is 10.1. The van der Waals surface area contributed by atoms with E-state index in [0.29, 0.717) is 26.1 Å². The molecule has 0 saturated carbocycles. The first-order chi connectivity index (χ1) is 7.97. The average molecular weight is 266 g/mol. The normalized spacial score (nSPS) is 14.2. The van der Waals surface area contributed by atoms with E-state index in [-0.39, 0.29) is 12.5 Å². The number of rotatable bonds is 10. The monoisotopic (exact) mass is 266 g/mol. The summed E-state index contributed by atoms with van der Waals surface area (Å²) in [4.78, 5) is 0. The van der Waals surface area contributed by atoms with Gasteiger partial charge >= 0.3 is 0 Å². The third-order valence-electron chi connectivity index (χ3n) is 2.52. The van der Waals surface area contributed by atoms with Crippen molar-refractivity contribution >= 4 is 10.2 Å². The van der Waals surface area contributed by atoms with Crippen LogP contribution in [-0.4, -0.2) is 44.1 Å². The molecule has 0 aromatic carbocycles. The molecule has 0 aromatic rings. The third kappa shape index (κ3) is 6.98. The van der Waals surface area contributed by atoms with Gasteiger partial charge in [0.2, 0.25) is 0 Å². The lowest BCUT2D eigenvalue weighted by Gasteiger charge is -2.22. The van der Waals surface area contributed by atoms with Gasteiger partial charge in [-0.2, -0.15) is 12.7 Å². The Balaban J connectivity index is 4.31. The van der Waals surface area contributed by atoms with Gasteiger partial charge in [0.15, 0.2) is 0 Å². The summed E-state index contributed by atoms with van der Waals surface area (Å²) in [5.41, 5.74) is 0. The molecular formula is C11H26N2O3S. The van der Waals surface area contributed by atoms with Gasteiger partial charge in [-0.3, -0.25) is 0 Å². The molecule has 0 amide bonds. The van der Waals surface area contributed by atoms with E-state index in [4.69, 9.17) is 5.11 Å². The summed E-state index contributed by atoms with van der Waals surface area (Å²) in [6.45, 7) is 7.43. The van der Waals surface area contributed by atoms with Crippen LogP contribution in [-0.2, 0) is 10.2 Å². The van der Waals surface area contributed by atoms with Crippen LogP contribution in [0.3, 0.4) is 0 Å². The average Bonchev–Trinajstić information content (AvgIpc) is 2.27. The molecule has 0 aliphatic heterocycles. The predicted octanol–water partition coefficient (Wildman–Crippen LogP) is 0.961. The highest BCUT2D eigenvalue weighted by atomic mass is 32.2. The van der Waals surface area contributed by atoms with Gasteiger partial charge < -0.3 is 5.11 Å². The highest BCUT2D eigenvalue weighted by Gasteiger charge is 2.20. The predicted molar refractivity (Wildman–Crippen MR) is 69.9 cm³/mol. The Morgan fingerprint density at radius 1 is 1.24 bits per heavy atom. The number of aliphatic hydroxyl groups excluding tert-OH is 1. The molecule has 0 aromatic heterocycles. The van der Waals surface area contributed by atoms with Crippen molar-refractivity contribution in [3.8, 4) is 0 Å². The Morgan fingerprint density at radius 2 is 1.76 bits per heavy atom. The number of nitrogens with one attached hydrogen (secondary N) is 1. The minimum atomic E-state index is -3.36. The van der Waals surface area contributed by atoms with Crippen LogP contribution >= 0.6 is 0 Å². The first-order valence-electron chi connectivity index (χ1n) is 6.33. The van der Waals surface area contributed by atoms with Gasteiger partial charge in [0, 0.05) is 26.2 Å². The van der Waals surface area contributed by atoms with Crippen LogP contribution in [0, 0.1) is 5.92 Å². The van der Waals surface area contributed by atoms with E-state index in [1.54, 1.807) is 0 Å². The Kier molecular flexibility index (Phi) is 8.77. The summed E-state index contributed by atoms with van der Waals surface area (Å²) < 4.78 is 28.0. The standard InChI is InChI=1S/C11H26N2O3S/c1-4-7-13(8-5-2)17(15,16)12-10-11(3)6-9-14/h11-12,14H,4-10H2,1-3H3. The van der Waals surface area contributed by atoms with E-state index >= 15 is 0 Å². The molecule has 0 fully saturated rings. The van der Waals surface area contributed by atoms with E-state index in [1.165, 1.54) is 4.31 Å². The topological polar surface area (TPSA) is 69.6 Å². The molecule has 5 nitrogen and oxygen atoms in total. The number of hydrogen-bond acceptors (Lipinski definition) is 3. The minimum Gasteiger partial charge on any atom is -0.396 e. The second-order valence-corrected chi connectivity index (χ2v) is 6.13. The quantitative estimate of drug-likeness (QED) is 0.619. The van der Waals surface area contributed by atoms with Crippen molar-refractivity contribution in [3.63, 3.8) is 0 Å². The maximum atomic E-state index is 12.0. The SMILES string of the molecule is CCCN(CCC)S(=O)(=O)NCC(C)CCO. The van der Waals surface area contributed by atoms with Crippen molar-refractivity contribution in [1.82, 2.24) is 9.03 Å². The van der Waals surface area contributed by atoms with Gasteiger partial charge in [0.25, 0.3) is 10.2 Å². The van der Waals surface area contributed by atoms with E-state index in [0.717, 1.165) is 12.8 Å². The Bertz CT molecular complexity index is 274. The van der Waals surface area contributed by atoms with Crippen molar-refractivity contribution < 1.29 is 13.5 Å². The summed E-state index contributed by atoms with van der Waals surface area (Å²) in [7, 11) is -3.36. The summed E-state index contributed by atoms with van der Waals surface area (Å²) in [5.74, 6) is 0.153. The number of aliphatic hydroxyl groups is 1. The Hall–Kier alpha value is -0.170. The number of nitrogens with zero attached hydrogens (tertiary/aromatic N) is 1. The molecule has 1 atom stereocenters. The molecule has 0 bridgehead atoms. The minimum absolute atomic E-state index is 0.0938. The molecule has 0 aliphatic carbocycles. The zero-order chi connectivity index (χ0) is 13.3. The van der Waals surface area contributed by atoms with Crippen LogP contribution in [0.5, 0.6) is 0 Å². The molecule has 6 heteroatoms. The van der Waals surface area contributed by atoms with Crippen LogP contribution in [0.25, 0.3) is 0 Å². The molecule has 0 radical (unpaired) electrons. The molecule has 17 heavy (non-hydrogen) atoms. The largest absolute Gasteiger partial charge is 0.396 e. The summed E-state index contributed by atoms with van der Waals surface area (Å²) in [5, 5.41) is 8.76. The summed E-state index contributed by atoms with van der Waals surface area (Å²) >= 11 is 0. The first kappa shape index (κ1) is 16.8. The van der Waals surface area contributed by atoms with Crippen molar-refractivity contribution in [2.45, 2.75) is 40.0 Å². The Morgan fingerprint density at radius 3 is 2.18 bits per heavy atom. The van der Waals surface area contributed by atoms with Crippen molar-refractivity contribution in [1.29, 1.82) is 0 Å². The van der Waals surface area contributed by atoms with Crippen LogP contribution in [0.4, 0.5) is 0 Å². The van der Waals surface area contributed by atoms with Gasteiger partial charge in [0.1, 0.15) is 0 Å². The third-order valence-corrected chi connectivity index (χ3v) is 4.10. The van der Waals surface area contributed by atoms with Crippen molar-refractivity contribution in [2.24, 2.45) is 5.92 Å². The van der Waals surface area contributed by atoms with Crippen molar-refractivity contribution in [3.05, 3.63) is 0 Å². The smallest absolute Gasteiger partial charge is 0.279 e. The molecule has 0 saturated heterocycles. The lowest BCUT2D eigenvalue weighted by Crippen LogP contribution is -2.43. The molecule has 0 aliphatic rings. The van der Waals surface area contributed by atoms with Gasteiger partial charge in [-0.15, -0.1) is 0 Å². The van der Waals surface area contributed by atoms with Crippen LogP contribution < -0.4 is 4.72 Å². The molecule has 1 unspecified atom stereocenters. The lowest BCUT2D eigenvalue weighted by molar-refractivity contribution is 0.262. The van der Waals surface area contributed by atoms with Gasteiger partial charge in [-0.05, 0) is 25.2 Å². The molecule has 0 heterocycles. The molecule has 0 rings (SSSR count). The van der Waals surface area contributed by atoms with Crippen LogP contribution in [0.15, 0.2) is 0 Å². The van der Waals surface area contributed by atoms with Crippen LogP contribution in [0.1, 0.15) is 40.0 Å². The van der Waals surface area contributed by atoms with Gasteiger partial charge in [-0.1, -0.05) is 20.8 Å². The van der Waals surface area contributed by atoms with Crippen molar-refractivity contribution in [2.75, 3.05) is 26.2 Å². The molecular weight excluding hydrogens is 240 g/mol. The van der Waals surface area contributed by atoms with E-state index in [9.17, 15) is 8.42 Å². The second kappa shape index (κ2) is 8.85. The fourth-order valence-corrected chi connectivity index (χ4v) is 3.04. The second-order valence-electron chi connectivity index (χ2n) is 4.37. The highest BCUT2D eigenvalue weighted by molar-refractivity contribution is 7.87. The van der Waals surface area contributed by atoms with Crippen LogP contribution in [0.2, 0.25) is 0 Å². The van der Waals surface area contributed by atoms with E-state index < -0.39 is 10.2 Å².